The summed E-state index contributed by atoms with van der Waals surface area (Å²) in [4.78, 5) is 24.8. The van der Waals surface area contributed by atoms with Crippen molar-refractivity contribution < 1.29 is 27.4 Å². The highest BCUT2D eigenvalue weighted by molar-refractivity contribution is 7.91. The number of ether oxygens (including phenoxy) is 3. The van der Waals surface area contributed by atoms with Crippen LogP contribution in [0.3, 0.4) is 0 Å². The molecule has 14 heteroatoms. The SMILES string of the molecule is CC1(C)O[C@@H]2[C@H](O1)[C@@H](CS(=O)(=O)CCCNC(=O)Nc1ccc(C(C)(C)C)cc1)O[C@H]2n1cnc2c(N)ncnc21. The first kappa shape index (κ1) is 29.2. The van der Waals surface area contributed by atoms with Crippen LogP contribution in [0.15, 0.2) is 36.9 Å². The van der Waals surface area contributed by atoms with Crippen LogP contribution in [-0.4, -0.2) is 76.1 Å². The molecule has 41 heavy (non-hydrogen) atoms. The average Bonchev–Trinajstić information content (AvgIpc) is 3.53. The summed E-state index contributed by atoms with van der Waals surface area (Å²) in [6, 6.07) is 7.24. The van der Waals surface area contributed by atoms with E-state index in [1.165, 1.54) is 12.7 Å². The monoisotopic (exact) mass is 587 g/mol. The summed E-state index contributed by atoms with van der Waals surface area (Å²) in [6.45, 7) is 10.1. The summed E-state index contributed by atoms with van der Waals surface area (Å²) in [6.07, 6.45) is 0.408. The molecule has 0 saturated carbocycles. The van der Waals surface area contributed by atoms with Gasteiger partial charge in [0.1, 0.15) is 30.2 Å². The predicted octanol–water partition coefficient (Wildman–Crippen LogP) is 2.75. The molecule has 2 aliphatic rings. The second-order valence-electron chi connectivity index (χ2n) is 11.9. The zero-order valence-corrected chi connectivity index (χ0v) is 24.6. The van der Waals surface area contributed by atoms with E-state index in [1.807, 2.05) is 24.3 Å². The predicted molar refractivity (Wildman–Crippen MR) is 153 cm³/mol. The summed E-state index contributed by atoms with van der Waals surface area (Å²) in [5, 5.41) is 5.48. The summed E-state index contributed by atoms with van der Waals surface area (Å²) >= 11 is 0. The molecule has 2 fully saturated rings. The van der Waals surface area contributed by atoms with Crippen molar-refractivity contribution in [3.63, 3.8) is 0 Å². The lowest BCUT2D eigenvalue weighted by Gasteiger charge is -2.24. The molecule has 2 aromatic heterocycles. The van der Waals surface area contributed by atoms with Crippen molar-refractivity contribution in [2.75, 3.05) is 29.1 Å². The lowest BCUT2D eigenvalue weighted by atomic mass is 9.87. The summed E-state index contributed by atoms with van der Waals surface area (Å²) in [5.74, 6) is -1.08. The van der Waals surface area contributed by atoms with Crippen molar-refractivity contribution in [2.45, 2.75) is 76.8 Å². The lowest BCUT2D eigenvalue weighted by Crippen LogP contribution is -2.36. The minimum Gasteiger partial charge on any atom is -0.382 e. The Kier molecular flexibility index (Phi) is 7.70. The fourth-order valence-corrected chi connectivity index (χ4v) is 6.65. The van der Waals surface area contributed by atoms with Gasteiger partial charge in [-0.25, -0.2) is 28.2 Å². The Morgan fingerprint density at radius 3 is 2.51 bits per heavy atom. The quantitative estimate of drug-likeness (QED) is 0.333. The van der Waals surface area contributed by atoms with Crippen molar-refractivity contribution in [1.29, 1.82) is 0 Å². The number of rotatable bonds is 8. The van der Waals surface area contributed by atoms with E-state index in [4.69, 9.17) is 19.9 Å². The van der Waals surface area contributed by atoms with Crippen molar-refractivity contribution >= 4 is 38.5 Å². The van der Waals surface area contributed by atoms with Gasteiger partial charge in [-0.3, -0.25) is 4.57 Å². The van der Waals surface area contributed by atoms with E-state index >= 15 is 0 Å². The Hall–Kier alpha value is -3.33. The van der Waals surface area contributed by atoms with Crippen molar-refractivity contribution in [1.82, 2.24) is 24.8 Å². The van der Waals surface area contributed by atoms with Gasteiger partial charge < -0.3 is 30.6 Å². The number of sulfone groups is 1. The number of carbonyl (C=O) groups is 1. The Morgan fingerprint density at radius 1 is 1.10 bits per heavy atom. The first-order chi connectivity index (χ1) is 19.2. The number of nitrogen functional groups attached to an aromatic ring is 1. The van der Waals surface area contributed by atoms with Gasteiger partial charge in [-0.1, -0.05) is 32.9 Å². The molecule has 2 aliphatic heterocycles. The fourth-order valence-electron chi connectivity index (χ4n) is 5.13. The minimum absolute atomic E-state index is 0.0160. The van der Waals surface area contributed by atoms with Crippen LogP contribution in [0, 0.1) is 0 Å². The van der Waals surface area contributed by atoms with Crippen molar-refractivity contribution in [3.05, 3.63) is 42.5 Å². The highest BCUT2D eigenvalue weighted by Gasteiger charge is 2.56. The highest BCUT2D eigenvalue weighted by atomic mass is 32.2. The van der Waals surface area contributed by atoms with E-state index in [1.54, 1.807) is 18.4 Å². The van der Waals surface area contributed by atoms with Gasteiger partial charge in [0.2, 0.25) is 0 Å². The maximum atomic E-state index is 13.1. The average molecular weight is 588 g/mol. The number of aromatic nitrogens is 4. The number of nitrogens with zero attached hydrogens (tertiary/aromatic N) is 4. The molecule has 2 saturated heterocycles. The van der Waals surface area contributed by atoms with Crippen LogP contribution in [0.25, 0.3) is 11.2 Å². The number of amides is 2. The van der Waals surface area contributed by atoms with Crippen LogP contribution in [0.1, 0.15) is 52.8 Å². The van der Waals surface area contributed by atoms with Crippen LogP contribution < -0.4 is 16.4 Å². The Labute approximate surface area is 239 Å². The van der Waals surface area contributed by atoms with E-state index < -0.39 is 46.2 Å². The number of nitrogens with two attached hydrogens (primary N) is 1. The molecule has 5 rings (SSSR count). The van der Waals surface area contributed by atoms with E-state index in [-0.39, 0.29) is 35.7 Å². The van der Waals surface area contributed by atoms with E-state index in [9.17, 15) is 13.2 Å². The molecule has 4 N–H and O–H groups in total. The number of hydrogen-bond donors (Lipinski definition) is 3. The van der Waals surface area contributed by atoms with Crippen molar-refractivity contribution in [2.24, 2.45) is 0 Å². The number of fused-ring (bicyclic) bond motifs is 2. The van der Waals surface area contributed by atoms with Gasteiger partial charge in [-0.15, -0.1) is 0 Å². The molecule has 13 nitrogen and oxygen atoms in total. The lowest BCUT2D eigenvalue weighted by molar-refractivity contribution is -0.193. The number of benzene rings is 1. The van der Waals surface area contributed by atoms with E-state index in [0.717, 1.165) is 5.56 Å². The van der Waals surface area contributed by atoms with Crippen molar-refractivity contribution in [3.8, 4) is 0 Å². The zero-order valence-electron chi connectivity index (χ0n) is 23.8. The zero-order chi connectivity index (χ0) is 29.6. The van der Waals surface area contributed by atoms with Gasteiger partial charge >= 0.3 is 6.03 Å². The summed E-state index contributed by atoms with van der Waals surface area (Å²) < 4.78 is 46.2. The van der Waals surface area contributed by atoms with Crippen LogP contribution in [0.5, 0.6) is 0 Å². The first-order valence-corrected chi connectivity index (χ1v) is 15.3. The van der Waals surface area contributed by atoms with Gasteiger partial charge in [-0.2, -0.15) is 0 Å². The molecule has 4 atom stereocenters. The van der Waals surface area contributed by atoms with Gasteiger partial charge in [0.15, 0.2) is 33.3 Å². The number of hydrogen-bond acceptors (Lipinski definition) is 10. The molecule has 0 spiro atoms. The Bertz CT molecular complexity index is 1520. The third-order valence-electron chi connectivity index (χ3n) is 7.13. The van der Waals surface area contributed by atoms with E-state index in [0.29, 0.717) is 16.9 Å². The highest BCUT2D eigenvalue weighted by Crippen LogP contribution is 2.44. The smallest absolute Gasteiger partial charge is 0.319 e. The minimum atomic E-state index is -3.56. The Balaban J connectivity index is 1.16. The number of anilines is 2. The van der Waals surface area contributed by atoms with Gasteiger partial charge in [0, 0.05) is 12.2 Å². The topological polar surface area (TPSA) is 173 Å². The molecule has 1 aromatic carbocycles. The molecule has 3 aromatic rings. The molecule has 0 aliphatic carbocycles. The maximum absolute atomic E-state index is 13.1. The number of urea groups is 1. The largest absolute Gasteiger partial charge is 0.382 e. The normalized spacial score (nSPS) is 23.9. The van der Waals surface area contributed by atoms with Crippen LogP contribution in [-0.2, 0) is 29.5 Å². The number of imidazole rings is 1. The maximum Gasteiger partial charge on any atom is 0.319 e. The van der Waals surface area contributed by atoms with E-state index in [2.05, 4.69) is 46.4 Å². The molecular weight excluding hydrogens is 550 g/mol. The van der Waals surface area contributed by atoms with Gasteiger partial charge in [0.25, 0.3) is 0 Å². The molecular formula is C27H37N7O6S. The molecule has 222 valence electrons. The second-order valence-corrected chi connectivity index (χ2v) is 14.1. The molecule has 0 bridgehead atoms. The third kappa shape index (κ3) is 6.45. The summed E-state index contributed by atoms with van der Waals surface area (Å²) in [5.41, 5.74) is 8.63. The van der Waals surface area contributed by atoms with Crippen LogP contribution >= 0.6 is 0 Å². The number of nitrogens with one attached hydrogen (secondary N) is 2. The van der Waals surface area contributed by atoms with Crippen LogP contribution in [0.4, 0.5) is 16.3 Å². The molecule has 0 unspecified atom stereocenters. The van der Waals surface area contributed by atoms with Gasteiger partial charge in [-0.05, 0) is 43.4 Å². The second kappa shape index (κ2) is 10.8. The number of carbonyl (C=O) groups excluding carboxylic acids is 1. The summed E-state index contributed by atoms with van der Waals surface area (Å²) in [7, 11) is -3.56. The van der Waals surface area contributed by atoms with Gasteiger partial charge in [0.05, 0.1) is 17.8 Å². The standard InChI is InChI=1S/C27H37N7O6S/c1-26(2,3)16-7-9-17(10-8-16)33-25(35)29-11-6-12-41(36,37)13-18-20-21(40-27(4,5)39-20)24(38-18)34-15-32-19-22(28)30-14-31-23(19)34/h7-10,14-15,18,20-21,24H,6,11-13H2,1-5H3,(H2,28,30,31)(H2,29,33,35)/t18-,20-,21-,24-/m1/s1. The van der Waals surface area contributed by atoms with Crippen LogP contribution in [0.2, 0.25) is 0 Å². The molecule has 4 heterocycles. The fraction of sp³-hybridized carbons (Fsp3) is 0.556. The first-order valence-electron chi connectivity index (χ1n) is 13.5. The third-order valence-corrected chi connectivity index (χ3v) is 8.88. The molecule has 0 radical (unpaired) electrons. The Morgan fingerprint density at radius 2 is 1.80 bits per heavy atom. The molecule has 2 amide bonds.